The quantitative estimate of drug-likeness (QED) is 0.794. The molecule has 0 spiro atoms. The number of carboxylic acids is 1. The summed E-state index contributed by atoms with van der Waals surface area (Å²) in [5.41, 5.74) is -0.532. The summed E-state index contributed by atoms with van der Waals surface area (Å²) < 4.78 is 5.46. The van der Waals surface area contributed by atoms with E-state index in [0.717, 1.165) is 6.42 Å². The van der Waals surface area contributed by atoms with Gasteiger partial charge in [-0.15, -0.1) is 0 Å². The molecule has 0 saturated carbocycles. The zero-order valence-electron chi connectivity index (χ0n) is 12.1. The number of amides is 2. The standard InChI is InChI=1S/C13H24N2O4/c1-9-8-15(6-5-7-19-9)12(18)14-10(11(16)17)13(2,3)4/h9-10H,5-8H2,1-4H3,(H,14,18)(H,16,17)/t9?,10-/m1/s1. The lowest BCUT2D eigenvalue weighted by atomic mass is 9.87. The van der Waals surface area contributed by atoms with Gasteiger partial charge in [-0.1, -0.05) is 20.8 Å². The molecule has 0 aromatic carbocycles. The van der Waals surface area contributed by atoms with Gasteiger partial charge >= 0.3 is 12.0 Å². The summed E-state index contributed by atoms with van der Waals surface area (Å²) in [4.78, 5) is 25.0. The fraction of sp³-hybridized carbons (Fsp3) is 0.846. The van der Waals surface area contributed by atoms with Crippen LogP contribution in [0.15, 0.2) is 0 Å². The number of rotatable bonds is 2. The number of urea groups is 1. The van der Waals surface area contributed by atoms with Crippen molar-refractivity contribution < 1.29 is 19.4 Å². The molecule has 1 heterocycles. The van der Waals surface area contributed by atoms with Crippen molar-refractivity contribution in [2.45, 2.75) is 46.3 Å². The molecule has 2 N–H and O–H groups in total. The maximum Gasteiger partial charge on any atom is 0.326 e. The molecule has 1 unspecified atom stereocenters. The molecule has 0 aromatic heterocycles. The first-order chi connectivity index (χ1) is 8.71. The predicted molar refractivity (Wildman–Crippen MR) is 71.0 cm³/mol. The van der Waals surface area contributed by atoms with Crippen molar-refractivity contribution >= 4 is 12.0 Å². The number of carboxylic acid groups (broad SMARTS) is 1. The Bertz CT molecular complexity index is 338. The molecule has 6 heteroatoms. The Hall–Kier alpha value is -1.30. The van der Waals surface area contributed by atoms with Gasteiger partial charge in [-0.25, -0.2) is 9.59 Å². The number of carbonyl (C=O) groups excluding carboxylic acids is 1. The molecule has 1 aliphatic heterocycles. The molecule has 0 aliphatic carbocycles. The molecule has 1 aliphatic rings. The van der Waals surface area contributed by atoms with E-state index in [1.165, 1.54) is 0 Å². The molecule has 19 heavy (non-hydrogen) atoms. The molecule has 0 aromatic rings. The smallest absolute Gasteiger partial charge is 0.326 e. The third kappa shape index (κ3) is 4.70. The molecule has 110 valence electrons. The Morgan fingerprint density at radius 1 is 1.42 bits per heavy atom. The number of nitrogens with one attached hydrogen (secondary N) is 1. The number of carbonyl (C=O) groups is 2. The number of ether oxygens (including phenoxy) is 1. The summed E-state index contributed by atoms with van der Waals surface area (Å²) in [6.07, 6.45) is 0.747. The molecule has 0 bridgehead atoms. The number of aliphatic carboxylic acids is 1. The van der Waals surface area contributed by atoms with E-state index in [4.69, 9.17) is 4.74 Å². The third-order valence-corrected chi connectivity index (χ3v) is 3.12. The highest BCUT2D eigenvalue weighted by molar-refractivity contribution is 5.83. The van der Waals surface area contributed by atoms with E-state index in [0.29, 0.717) is 19.7 Å². The van der Waals surface area contributed by atoms with Gasteiger partial charge < -0.3 is 20.1 Å². The van der Waals surface area contributed by atoms with E-state index in [1.54, 1.807) is 25.7 Å². The van der Waals surface area contributed by atoms with Crippen molar-refractivity contribution in [1.82, 2.24) is 10.2 Å². The van der Waals surface area contributed by atoms with Crippen LogP contribution in [0.2, 0.25) is 0 Å². The van der Waals surface area contributed by atoms with Crippen molar-refractivity contribution in [2.75, 3.05) is 19.7 Å². The number of hydrogen-bond donors (Lipinski definition) is 2. The second-order valence-electron chi connectivity index (χ2n) is 6.07. The predicted octanol–water partition coefficient (Wildman–Crippen LogP) is 1.31. The molecule has 1 fully saturated rings. The Morgan fingerprint density at radius 2 is 2.05 bits per heavy atom. The summed E-state index contributed by atoms with van der Waals surface area (Å²) >= 11 is 0. The zero-order valence-corrected chi connectivity index (χ0v) is 12.1. The van der Waals surface area contributed by atoms with Gasteiger partial charge in [0.1, 0.15) is 6.04 Å². The fourth-order valence-corrected chi connectivity index (χ4v) is 2.04. The second kappa shape index (κ2) is 6.23. The first-order valence-electron chi connectivity index (χ1n) is 6.61. The van der Waals surface area contributed by atoms with Gasteiger partial charge in [0, 0.05) is 19.7 Å². The molecular weight excluding hydrogens is 248 g/mol. The van der Waals surface area contributed by atoms with Crippen molar-refractivity contribution in [3.8, 4) is 0 Å². The normalized spacial score (nSPS) is 22.5. The number of hydrogen-bond acceptors (Lipinski definition) is 3. The summed E-state index contributed by atoms with van der Waals surface area (Å²) in [7, 11) is 0. The van der Waals surface area contributed by atoms with Crippen LogP contribution in [0, 0.1) is 5.41 Å². The van der Waals surface area contributed by atoms with Crippen molar-refractivity contribution in [3.05, 3.63) is 0 Å². The van der Waals surface area contributed by atoms with Crippen molar-refractivity contribution in [2.24, 2.45) is 5.41 Å². The Labute approximate surface area is 114 Å². The SMILES string of the molecule is CC1CN(C(=O)N[C@H](C(=O)O)C(C)(C)C)CCCO1. The summed E-state index contributed by atoms with van der Waals surface area (Å²) in [5, 5.41) is 11.8. The lowest BCUT2D eigenvalue weighted by molar-refractivity contribution is -0.142. The number of nitrogens with zero attached hydrogens (tertiary/aromatic N) is 1. The van der Waals surface area contributed by atoms with Crippen LogP contribution in [-0.4, -0.2) is 53.8 Å². The van der Waals surface area contributed by atoms with Crippen LogP contribution in [0.3, 0.4) is 0 Å². The largest absolute Gasteiger partial charge is 0.480 e. The second-order valence-corrected chi connectivity index (χ2v) is 6.07. The maximum atomic E-state index is 12.2. The van der Waals surface area contributed by atoms with Crippen LogP contribution in [0.5, 0.6) is 0 Å². The first kappa shape index (κ1) is 15.8. The van der Waals surface area contributed by atoms with E-state index in [1.807, 2.05) is 6.92 Å². The van der Waals surface area contributed by atoms with E-state index in [-0.39, 0.29) is 12.1 Å². The van der Waals surface area contributed by atoms with Crippen molar-refractivity contribution in [3.63, 3.8) is 0 Å². The van der Waals surface area contributed by atoms with E-state index in [2.05, 4.69) is 5.32 Å². The minimum atomic E-state index is -1.01. The third-order valence-electron chi connectivity index (χ3n) is 3.12. The van der Waals surface area contributed by atoms with Crippen LogP contribution in [0.4, 0.5) is 4.79 Å². The first-order valence-corrected chi connectivity index (χ1v) is 6.61. The Balaban J connectivity index is 2.68. The Morgan fingerprint density at radius 3 is 2.58 bits per heavy atom. The monoisotopic (exact) mass is 272 g/mol. The highest BCUT2D eigenvalue weighted by Gasteiger charge is 2.34. The van der Waals surface area contributed by atoms with Gasteiger partial charge in [-0.3, -0.25) is 0 Å². The Kier molecular flexibility index (Phi) is 5.17. The van der Waals surface area contributed by atoms with Crippen LogP contribution in [-0.2, 0) is 9.53 Å². The average molecular weight is 272 g/mol. The van der Waals surface area contributed by atoms with Gasteiger partial charge in [0.05, 0.1) is 6.10 Å². The van der Waals surface area contributed by atoms with Gasteiger partial charge in [0.2, 0.25) is 0 Å². The van der Waals surface area contributed by atoms with Gasteiger partial charge in [0.15, 0.2) is 0 Å². The van der Waals surface area contributed by atoms with Gasteiger partial charge in [-0.05, 0) is 18.8 Å². The molecule has 0 radical (unpaired) electrons. The molecule has 2 atom stereocenters. The summed E-state index contributed by atoms with van der Waals surface area (Å²) in [5.74, 6) is -1.01. The topological polar surface area (TPSA) is 78.9 Å². The average Bonchev–Trinajstić information content (AvgIpc) is 2.48. The zero-order chi connectivity index (χ0) is 14.6. The molecule has 1 rings (SSSR count). The molecule has 6 nitrogen and oxygen atoms in total. The van der Waals surface area contributed by atoms with Crippen LogP contribution < -0.4 is 5.32 Å². The van der Waals surface area contributed by atoms with Crippen molar-refractivity contribution in [1.29, 1.82) is 0 Å². The van der Waals surface area contributed by atoms with Crippen LogP contribution in [0.25, 0.3) is 0 Å². The maximum absolute atomic E-state index is 12.2. The lowest BCUT2D eigenvalue weighted by Crippen LogP contribution is -2.54. The van der Waals surface area contributed by atoms with E-state index >= 15 is 0 Å². The molecular formula is C13H24N2O4. The van der Waals surface area contributed by atoms with E-state index < -0.39 is 17.4 Å². The van der Waals surface area contributed by atoms with Gasteiger partial charge in [0.25, 0.3) is 0 Å². The summed E-state index contributed by atoms with van der Waals surface area (Å²) in [6, 6.07) is -1.24. The van der Waals surface area contributed by atoms with E-state index in [9.17, 15) is 14.7 Å². The minimum absolute atomic E-state index is 0.0221. The lowest BCUT2D eigenvalue weighted by Gasteiger charge is -2.31. The molecule has 2 amide bonds. The highest BCUT2D eigenvalue weighted by atomic mass is 16.5. The van der Waals surface area contributed by atoms with Crippen LogP contribution >= 0.6 is 0 Å². The highest BCUT2D eigenvalue weighted by Crippen LogP contribution is 2.20. The van der Waals surface area contributed by atoms with Gasteiger partial charge in [-0.2, -0.15) is 0 Å². The molecule has 1 saturated heterocycles. The summed E-state index contributed by atoms with van der Waals surface area (Å²) in [6.45, 7) is 8.99. The van der Waals surface area contributed by atoms with Crippen LogP contribution in [0.1, 0.15) is 34.1 Å². The fourth-order valence-electron chi connectivity index (χ4n) is 2.04. The minimum Gasteiger partial charge on any atom is -0.480 e.